The fourth-order valence-corrected chi connectivity index (χ4v) is 1.44. The Kier molecular flexibility index (Phi) is 4.15. The first-order valence-electron chi connectivity index (χ1n) is 6.18. The molecule has 0 atom stereocenters. The number of carbonyl (C=O) groups is 1. The zero-order valence-corrected chi connectivity index (χ0v) is 11.7. The number of carbonyl (C=O) groups excluding carboxylic acids is 1. The molecule has 0 bridgehead atoms. The third kappa shape index (κ3) is 3.31. The zero-order chi connectivity index (χ0) is 14.0. The second kappa shape index (κ2) is 5.09. The van der Waals surface area contributed by atoms with Crippen molar-refractivity contribution >= 4 is 5.97 Å². The summed E-state index contributed by atoms with van der Waals surface area (Å²) in [4.78, 5) is 12.1. The molecule has 2 nitrogen and oxygen atoms in total. The van der Waals surface area contributed by atoms with Crippen LogP contribution in [-0.4, -0.2) is 5.97 Å². The van der Waals surface area contributed by atoms with Crippen LogP contribution in [0.4, 0.5) is 4.39 Å². The summed E-state index contributed by atoms with van der Waals surface area (Å²) in [5.41, 5.74) is -0.696. The molecule has 1 rings (SSSR count). The van der Waals surface area contributed by atoms with Crippen molar-refractivity contribution < 1.29 is 13.9 Å². The van der Waals surface area contributed by atoms with Gasteiger partial charge in [-0.2, -0.15) is 0 Å². The molecule has 18 heavy (non-hydrogen) atoms. The van der Waals surface area contributed by atoms with E-state index in [0.717, 1.165) is 0 Å². The Morgan fingerprint density at radius 2 is 1.89 bits per heavy atom. The Hall–Kier alpha value is -1.38. The fraction of sp³-hybridized carbons (Fsp3) is 0.533. The van der Waals surface area contributed by atoms with Crippen molar-refractivity contribution in [2.45, 2.75) is 46.6 Å². The van der Waals surface area contributed by atoms with Gasteiger partial charge in [0, 0.05) is 0 Å². The van der Waals surface area contributed by atoms with Crippen molar-refractivity contribution in [3.8, 4) is 0 Å². The molecule has 100 valence electrons. The summed E-state index contributed by atoms with van der Waals surface area (Å²) in [6.45, 7) is 9.17. The number of hydrogen-bond acceptors (Lipinski definition) is 2. The van der Waals surface area contributed by atoms with Gasteiger partial charge < -0.3 is 4.74 Å². The Bertz CT molecular complexity index is 436. The van der Waals surface area contributed by atoms with Crippen LogP contribution in [0.3, 0.4) is 0 Å². The maximum absolute atomic E-state index is 13.2. The van der Waals surface area contributed by atoms with E-state index >= 15 is 0 Å². The average molecular weight is 252 g/mol. The first-order chi connectivity index (χ1) is 8.19. The van der Waals surface area contributed by atoms with E-state index in [2.05, 4.69) is 0 Å². The highest BCUT2D eigenvalue weighted by atomic mass is 19.1. The van der Waals surface area contributed by atoms with Gasteiger partial charge in [0.05, 0.1) is 5.41 Å². The van der Waals surface area contributed by atoms with E-state index in [-0.39, 0.29) is 11.8 Å². The SMILES string of the molecule is CCC(C)(C)C(=O)OC(C)(C)c1cccc(F)c1. The molecule has 0 saturated heterocycles. The topological polar surface area (TPSA) is 26.3 Å². The molecule has 3 heteroatoms. The van der Waals surface area contributed by atoms with E-state index in [4.69, 9.17) is 4.74 Å². The zero-order valence-electron chi connectivity index (χ0n) is 11.7. The van der Waals surface area contributed by atoms with Crippen LogP contribution in [0.5, 0.6) is 0 Å². The lowest BCUT2D eigenvalue weighted by atomic mass is 9.89. The molecule has 0 aliphatic rings. The molecule has 0 aromatic heterocycles. The Labute approximate surface area is 108 Å². The van der Waals surface area contributed by atoms with Crippen LogP contribution in [-0.2, 0) is 15.1 Å². The van der Waals surface area contributed by atoms with Crippen molar-refractivity contribution in [2.75, 3.05) is 0 Å². The van der Waals surface area contributed by atoms with Gasteiger partial charge in [0.25, 0.3) is 0 Å². The molecule has 0 radical (unpaired) electrons. The van der Waals surface area contributed by atoms with Gasteiger partial charge in [-0.05, 0) is 51.8 Å². The third-order valence-electron chi connectivity index (χ3n) is 3.30. The monoisotopic (exact) mass is 252 g/mol. The standard InChI is InChI=1S/C15H21FO2/c1-6-14(2,3)13(17)18-15(4,5)11-8-7-9-12(16)10-11/h7-10H,6H2,1-5H3. The molecule has 0 amide bonds. The van der Waals surface area contributed by atoms with Crippen LogP contribution in [0.15, 0.2) is 24.3 Å². The molecule has 0 N–H and O–H groups in total. The van der Waals surface area contributed by atoms with Crippen LogP contribution in [0.1, 0.15) is 46.6 Å². The highest BCUT2D eigenvalue weighted by Crippen LogP contribution is 2.30. The summed E-state index contributed by atoms with van der Waals surface area (Å²) in [6.07, 6.45) is 0.699. The summed E-state index contributed by atoms with van der Waals surface area (Å²) in [5, 5.41) is 0. The van der Waals surface area contributed by atoms with E-state index in [1.807, 2.05) is 20.8 Å². The van der Waals surface area contributed by atoms with Crippen molar-refractivity contribution in [3.63, 3.8) is 0 Å². The van der Waals surface area contributed by atoms with Gasteiger partial charge in [0.2, 0.25) is 0 Å². The number of esters is 1. The van der Waals surface area contributed by atoms with Gasteiger partial charge in [-0.3, -0.25) is 4.79 Å². The first kappa shape index (κ1) is 14.7. The number of hydrogen-bond donors (Lipinski definition) is 0. The minimum absolute atomic E-state index is 0.265. The molecule has 0 heterocycles. The number of rotatable bonds is 4. The first-order valence-corrected chi connectivity index (χ1v) is 6.18. The quantitative estimate of drug-likeness (QED) is 0.756. The highest BCUT2D eigenvalue weighted by Gasteiger charge is 2.33. The van der Waals surface area contributed by atoms with Crippen molar-refractivity contribution in [2.24, 2.45) is 5.41 Å². The predicted octanol–water partition coefficient (Wildman–Crippen LogP) is 4.04. The summed E-state index contributed by atoms with van der Waals surface area (Å²) < 4.78 is 18.7. The highest BCUT2D eigenvalue weighted by molar-refractivity contribution is 5.76. The summed E-state index contributed by atoms with van der Waals surface area (Å²) in [5.74, 6) is -0.592. The van der Waals surface area contributed by atoms with E-state index in [1.54, 1.807) is 26.0 Å². The van der Waals surface area contributed by atoms with Crippen molar-refractivity contribution in [1.82, 2.24) is 0 Å². The van der Waals surface area contributed by atoms with Crippen LogP contribution in [0, 0.1) is 11.2 Å². The van der Waals surface area contributed by atoms with Crippen LogP contribution in [0.25, 0.3) is 0 Å². The molecule has 1 aromatic rings. The van der Waals surface area contributed by atoms with E-state index < -0.39 is 11.0 Å². The number of ether oxygens (including phenoxy) is 1. The van der Waals surface area contributed by atoms with Gasteiger partial charge in [0.1, 0.15) is 11.4 Å². The van der Waals surface area contributed by atoms with Gasteiger partial charge >= 0.3 is 5.97 Å². The van der Waals surface area contributed by atoms with Gasteiger partial charge in [0.15, 0.2) is 0 Å². The number of benzene rings is 1. The molecule has 1 aromatic carbocycles. The lowest BCUT2D eigenvalue weighted by Crippen LogP contribution is -2.33. The van der Waals surface area contributed by atoms with E-state index in [1.165, 1.54) is 12.1 Å². The fourth-order valence-electron chi connectivity index (χ4n) is 1.44. The third-order valence-corrected chi connectivity index (χ3v) is 3.30. The lowest BCUT2D eigenvalue weighted by molar-refractivity contribution is -0.168. The molecular formula is C15H21FO2. The van der Waals surface area contributed by atoms with Crippen molar-refractivity contribution in [3.05, 3.63) is 35.6 Å². The average Bonchev–Trinajstić information content (AvgIpc) is 2.28. The molecule has 0 aliphatic carbocycles. The lowest BCUT2D eigenvalue weighted by Gasteiger charge is -2.30. The number of halogens is 1. The molecule has 0 fully saturated rings. The summed E-state index contributed by atoms with van der Waals surface area (Å²) in [6, 6.07) is 6.14. The second-order valence-corrected chi connectivity index (χ2v) is 5.65. The minimum atomic E-state index is -0.828. The maximum atomic E-state index is 13.2. The van der Waals surface area contributed by atoms with Crippen molar-refractivity contribution in [1.29, 1.82) is 0 Å². The maximum Gasteiger partial charge on any atom is 0.312 e. The van der Waals surface area contributed by atoms with Crippen LogP contribution < -0.4 is 0 Å². The Morgan fingerprint density at radius 3 is 2.39 bits per heavy atom. The van der Waals surface area contributed by atoms with Gasteiger partial charge in [-0.15, -0.1) is 0 Å². The predicted molar refractivity (Wildman–Crippen MR) is 69.6 cm³/mol. The Morgan fingerprint density at radius 1 is 1.28 bits per heavy atom. The Balaban J connectivity index is 2.92. The summed E-state index contributed by atoms with van der Waals surface area (Å²) in [7, 11) is 0. The van der Waals surface area contributed by atoms with Gasteiger partial charge in [-0.1, -0.05) is 19.1 Å². The summed E-state index contributed by atoms with van der Waals surface area (Å²) >= 11 is 0. The molecule has 0 unspecified atom stereocenters. The normalized spacial score (nSPS) is 12.3. The molecule has 0 saturated carbocycles. The largest absolute Gasteiger partial charge is 0.454 e. The van der Waals surface area contributed by atoms with E-state index in [9.17, 15) is 9.18 Å². The van der Waals surface area contributed by atoms with Crippen LogP contribution in [0.2, 0.25) is 0 Å². The molecule has 0 spiro atoms. The minimum Gasteiger partial charge on any atom is -0.454 e. The van der Waals surface area contributed by atoms with E-state index in [0.29, 0.717) is 12.0 Å². The molecule has 0 aliphatic heterocycles. The molecular weight excluding hydrogens is 231 g/mol. The second-order valence-electron chi connectivity index (χ2n) is 5.65. The smallest absolute Gasteiger partial charge is 0.312 e. The van der Waals surface area contributed by atoms with Gasteiger partial charge in [-0.25, -0.2) is 4.39 Å². The van der Waals surface area contributed by atoms with Crippen LogP contribution >= 0.6 is 0 Å².